The number of likely N-dealkylation sites (N-methyl/N-ethyl adjacent to an activating group) is 1. The van der Waals surface area contributed by atoms with E-state index in [1.807, 2.05) is 31.3 Å². The quantitative estimate of drug-likeness (QED) is 0.839. The van der Waals surface area contributed by atoms with E-state index >= 15 is 0 Å². The number of nitrogens with zero attached hydrogens (tertiary/aromatic N) is 2. The summed E-state index contributed by atoms with van der Waals surface area (Å²) in [5.41, 5.74) is 1.11. The van der Waals surface area contributed by atoms with E-state index in [-0.39, 0.29) is 0 Å². The van der Waals surface area contributed by atoms with Gasteiger partial charge in [0.05, 0.1) is 7.11 Å². The second-order valence-electron chi connectivity index (χ2n) is 4.73. The lowest BCUT2D eigenvalue weighted by Crippen LogP contribution is -2.26. The molecule has 0 saturated heterocycles. The summed E-state index contributed by atoms with van der Waals surface area (Å²) in [6, 6.07) is 8.27. The Kier molecular flexibility index (Phi) is 5.12. The Bertz CT molecular complexity index is 535. The van der Waals surface area contributed by atoms with Gasteiger partial charge in [0.15, 0.2) is 5.82 Å². The van der Waals surface area contributed by atoms with Crippen LogP contribution in [-0.4, -0.2) is 30.3 Å². The van der Waals surface area contributed by atoms with Gasteiger partial charge in [-0.05, 0) is 31.2 Å². The van der Waals surface area contributed by atoms with E-state index in [1.54, 1.807) is 7.11 Å². The summed E-state index contributed by atoms with van der Waals surface area (Å²) in [5, 5.41) is 7.26. The molecule has 0 aliphatic carbocycles. The van der Waals surface area contributed by atoms with Crippen molar-refractivity contribution >= 4 is 0 Å². The van der Waals surface area contributed by atoms with Crippen molar-refractivity contribution < 1.29 is 9.26 Å². The minimum Gasteiger partial charge on any atom is -0.497 e. The highest BCUT2D eigenvalue weighted by molar-refractivity contribution is 5.30. The predicted molar refractivity (Wildman–Crippen MR) is 76.9 cm³/mol. The summed E-state index contributed by atoms with van der Waals surface area (Å²) in [7, 11) is 3.61. The van der Waals surface area contributed by atoms with Crippen LogP contribution in [0.4, 0.5) is 0 Å². The van der Waals surface area contributed by atoms with Crippen LogP contribution in [0, 0.1) is 0 Å². The molecule has 0 aliphatic heterocycles. The van der Waals surface area contributed by atoms with Crippen molar-refractivity contribution in [2.45, 2.75) is 32.2 Å². The number of aromatic nitrogens is 2. The second-order valence-corrected chi connectivity index (χ2v) is 4.73. The Labute approximate surface area is 119 Å². The zero-order valence-corrected chi connectivity index (χ0v) is 12.2. The van der Waals surface area contributed by atoms with Crippen LogP contribution in [0.5, 0.6) is 5.75 Å². The van der Waals surface area contributed by atoms with E-state index in [9.17, 15) is 0 Å². The molecule has 5 heteroatoms. The monoisotopic (exact) mass is 275 g/mol. The molecule has 108 valence electrons. The zero-order valence-electron chi connectivity index (χ0n) is 12.2. The van der Waals surface area contributed by atoms with Crippen LogP contribution in [0.1, 0.15) is 30.6 Å². The smallest absolute Gasteiger partial charge is 0.228 e. The maximum absolute atomic E-state index is 5.30. The second kappa shape index (κ2) is 7.05. The lowest BCUT2D eigenvalue weighted by atomic mass is 10.1. The van der Waals surface area contributed by atoms with Gasteiger partial charge in [-0.2, -0.15) is 4.98 Å². The van der Waals surface area contributed by atoms with Crippen molar-refractivity contribution in [2.75, 3.05) is 14.2 Å². The molecule has 1 atom stereocenters. The predicted octanol–water partition coefficient (Wildman–Crippen LogP) is 2.21. The van der Waals surface area contributed by atoms with Gasteiger partial charge in [-0.3, -0.25) is 0 Å². The van der Waals surface area contributed by atoms with Crippen molar-refractivity contribution in [3.8, 4) is 5.75 Å². The topological polar surface area (TPSA) is 60.2 Å². The molecular weight excluding hydrogens is 254 g/mol. The Hall–Kier alpha value is -1.88. The fourth-order valence-corrected chi connectivity index (χ4v) is 2.07. The number of rotatable bonds is 7. The number of hydrogen-bond donors (Lipinski definition) is 1. The molecule has 0 bridgehead atoms. The minimum atomic E-state index is 0.375. The number of benzene rings is 1. The molecule has 0 fully saturated rings. The maximum Gasteiger partial charge on any atom is 0.228 e. The van der Waals surface area contributed by atoms with E-state index in [2.05, 4.69) is 22.4 Å². The van der Waals surface area contributed by atoms with Gasteiger partial charge in [-0.15, -0.1) is 0 Å². The first-order chi connectivity index (χ1) is 9.75. The third-order valence-electron chi connectivity index (χ3n) is 3.33. The summed E-state index contributed by atoms with van der Waals surface area (Å²) in [4.78, 5) is 4.44. The molecule has 2 rings (SSSR count). The molecular formula is C15H21N3O2. The summed E-state index contributed by atoms with van der Waals surface area (Å²) in [6.07, 6.45) is 2.44. The van der Waals surface area contributed by atoms with E-state index in [1.165, 1.54) is 0 Å². The van der Waals surface area contributed by atoms with Crippen LogP contribution in [0.15, 0.2) is 28.8 Å². The molecule has 0 radical (unpaired) electrons. The fraction of sp³-hybridized carbons (Fsp3) is 0.467. The minimum absolute atomic E-state index is 0.375. The van der Waals surface area contributed by atoms with Crippen molar-refractivity contribution in [3.63, 3.8) is 0 Å². The number of hydrogen-bond acceptors (Lipinski definition) is 5. The first kappa shape index (κ1) is 14.5. The average molecular weight is 275 g/mol. The Balaban J connectivity index is 2.01. The molecule has 0 amide bonds. The van der Waals surface area contributed by atoms with E-state index in [0.717, 1.165) is 24.2 Å². The van der Waals surface area contributed by atoms with Gasteiger partial charge in [-0.25, -0.2) is 0 Å². The van der Waals surface area contributed by atoms with Crippen molar-refractivity contribution in [2.24, 2.45) is 0 Å². The van der Waals surface area contributed by atoms with Gasteiger partial charge in [0, 0.05) is 18.9 Å². The summed E-state index contributed by atoms with van der Waals surface area (Å²) in [5.74, 6) is 2.23. The number of ether oxygens (including phenoxy) is 1. The van der Waals surface area contributed by atoms with E-state index in [0.29, 0.717) is 24.2 Å². The van der Waals surface area contributed by atoms with Gasteiger partial charge in [0.1, 0.15) is 5.75 Å². The normalized spacial score (nSPS) is 12.3. The summed E-state index contributed by atoms with van der Waals surface area (Å²) < 4.78 is 10.5. The lowest BCUT2D eigenvalue weighted by Gasteiger charge is -2.09. The maximum atomic E-state index is 5.30. The van der Waals surface area contributed by atoms with Gasteiger partial charge in [0.2, 0.25) is 5.89 Å². The molecule has 20 heavy (non-hydrogen) atoms. The van der Waals surface area contributed by atoms with E-state index < -0.39 is 0 Å². The average Bonchev–Trinajstić information content (AvgIpc) is 2.92. The molecule has 1 unspecified atom stereocenters. The molecule has 0 aliphatic rings. The van der Waals surface area contributed by atoms with E-state index in [4.69, 9.17) is 9.26 Å². The highest BCUT2D eigenvalue weighted by Crippen LogP contribution is 2.15. The molecule has 1 aromatic carbocycles. The van der Waals surface area contributed by atoms with Gasteiger partial charge >= 0.3 is 0 Å². The fourth-order valence-electron chi connectivity index (χ4n) is 2.07. The van der Waals surface area contributed by atoms with Crippen molar-refractivity contribution in [1.82, 2.24) is 15.5 Å². The first-order valence-corrected chi connectivity index (χ1v) is 6.86. The summed E-state index contributed by atoms with van der Waals surface area (Å²) >= 11 is 0. The Morgan fingerprint density at radius 3 is 2.95 bits per heavy atom. The molecule has 0 saturated carbocycles. The third-order valence-corrected chi connectivity index (χ3v) is 3.33. The molecule has 1 aromatic heterocycles. The van der Waals surface area contributed by atoms with Crippen molar-refractivity contribution in [3.05, 3.63) is 41.5 Å². The Morgan fingerprint density at radius 2 is 2.25 bits per heavy atom. The van der Waals surface area contributed by atoms with Crippen molar-refractivity contribution in [1.29, 1.82) is 0 Å². The third kappa shape index (κ3) is 3.81. The van der Waals surface area contributed by atoms with Crippen LogP contribution < -0.4 is 10.1 Å². The zero-order chi connectivity index (χ0) is 14.4. The van der Waals surface area contributed by atoms with Crippen LogP contribution in [-0.2, 0) is 12.8 Å². The molecule has 0 spiro atoms. The number of methoxy groups -OCH3 is 1. The van der Waals surface area contributed by atoms with Crippen LogP contribution in [0.2, 0.25) is 0 Å². The Morgan fingerprint density at radius 1 is 1.40 bits per heavy atom. The number of nitrogens with one attached hydrogen (secondary N) is 1. The highest BCUT2D eigenvalue weighted by atomic mass is 16.5. The SMILES string of the molecule is CCC(Cc1nc(Cc2cccc(OC)c2)no1)NC. The molecule has 1 N–H and O–H groups in total. The first-order valence-electron chi connectivity index (χ1n) is 6.86. The standard InChI is InChI=1S/C15H21N3O2/c1-4-12(16-2)10-15-17-14(18-20-15)9-11-6-5-7-13(8-11)19-3/h5-8,12,16H,4,9-10H2,1-3H3. The lowest BCUT2D eigenvalue weighted by molar-refractivity contribution is 0.355. The largest absolute Gasteiger partial charge is 0.497 e. The van der Waals surface area contributed by atoms with Gasteiger partial charge in [-0.1, -0.05) is 24.2 Å². The molecule has 1 heterocycles. The van der Waals surface area contributed by atoms with Crippen LogP contribution in [0.25, 0.3) is 0 Å². The summed E-state index contributed by atoms with van der Waals surface area (Å²) in [6.45, 7) is 2.13. The van der Waals surface area contributed by atoms with Crippen LogP contribution in [0.3, 0.4) is 0 Å². The van der Waals surface area contributed by atoms with Gasteiger partial charge < -0.3 is 14.6 Å². The van der Waals surface area contributed by atoms with Gasteiger partial charge in [0.25, 0.3) is 0 Å². The molecule has 5 nitrogen and oxygen atoms in total. The highest BCUT2D eigenvalue weighted by Gasteiger charge is 2.12. The van der Waals surface area contributed by atoms with Crippen LogP contribution >= 0.6 is 0 Å². The molecule has 2 aromatic rings.